The normalized spacial score (nSPS) is 8.78. The maximum absolute atomic E-state index is 5.05. The van der Waals surface area contributed by atoms with E-state index in [1.807, 2.05) is 25.8 Å². The largest absolute Gasteiger partial charge is 0.471 e. The van der Waals surface area contributed by atoms with E-state index in [9.17, 15) is 0 Å². The Kier molecular flexibility index (Phi) is 4.40. The minimum absolute atomic E-state index is 0.583. The predicted molar refractivity (Wildman–Crippen MR) is 42.5 cm³/mol. The number of ether oxygens (including phenoxy) is 1. The molecule has 0 rings (SSSR count). The quantitative estimate of drug-likeness (QED) is 0.546. The topological polar surface area (TPSA) is 12.5 Å². The van der Waals surface area contributed by atoms with E-state index in [4.69, 9.17) is 17.0 Å². The highest BCUT2D eigenvalue weighted by Gasteiger charge is 1.98. The van der Waals surface area contributed by atoms with Crippen LogP contribution in [0, 0.1) is 0 Å². The molecular weight excluding hydrogens is 134 g/mol. The highest BCUT2D eigenvalue weighted by molar-refractivity contribution is 7.80. The van der Waals surface area contributed by atoms with Crippen molar-refractivity contribution in [3.63, 3.8) is 0 Å². The summed E-state index contributed by atoms with van der Waals surface area (Å²) in [6.07, 6.45) is 0. The van der Waals surface area contributed by atoms with Gasteiger partial charge in [-0.2, -0.15) is 0 Å². The van der Waals surface area contributed by atoms with Crippen molar-refractivity contribution in [2.75, 3.05) is 20.2 Å². The van der Waals surface area contributed by atoms with Gasteiger partial charge in [0.05, 0.1) is 6.61 Å². The third-order valence-corrected chi connectivity index (χ3v) is 1.48. The Morgan fingerprint density at radius 2 is 2.11 bits per heavy atom. The van der Waals surface area contributed by atoms with Gasteiger partial charge in [0.2, 0.25) is 0 Å². The van der Waals surface area contributed by atoms with Gasteiger partial charge in [0.25, 0.3) is 5.17 Å². The molecular formula is C6H13NOS. The monoisotopic (exact) mass is 147 g/mol. The van der Waals surface area contributed by atoms with Crippen LogP contribution in [0.4, 0.5) is 0 Å². The number of nitrogens with zero attached hydrogens (tertiary/aromatic N) is 1. The Bertz CT molecular complexity index is 95.1. The van der Waals surface area contributed by atoms with E-state index >= 15 is 0 Å². The van der Waals surface area contributed by atoms with Crippen molar-refractivity contribution in [1.82, 2.24) is 4.90 Å². The second-order valence-corrected chi connectivity index (χ2v) is 2.06. The van der Waals surface area contributed by atoms with Crippen molar-refractivity contribution in [3.05, 3.63) is 0 Å². The molecule has 0 heterocycles. The summed E-state index contributed by atoms with van der Waals surface area (Å²) >= 11 is 4.88. The summed E-state index contributed by atoms with van der Waals surface area (Å²) in [5, 5.41) is 0.583. The number of rotatable bonds is 2. The van der Waals surface area contributed by atoms with E-state index in [1.165, 1.54) is 0 Å². The van der Waals surface area contributed by atoms with Gasteiger partial charge >= 0.3 is 0 Å². The Morgan fingerprint density at radius 3 is 2.44 bits per heavy atom. The second-order valence-electron chi connectivity index (χ2n) is 1.71. The van der Waals surface area contributed by atoms with Crippen LogP contribution < -0.4 is 0 Å². The molecule has 0 aromatic heterocycles. The highest BCUT2D eigenvalue weighted by Crippen LogP contribution is 1.88. The summed E-state index contributed by atoms with van der Waals surface area (Å²) in [7, 11) is 1.91. The van der Waals surface area contributed by atoms with Gasteiger partial charge < -0.3 is 9.64 Å². The van der Waals surface area contributed by atoms with Gasteiger partial charge in [-0.1, -0.05) is 0 Å². The first-order valence-electron chi connectivity index (χ1n) is 3.10. The first kappa shape index (κ1) is 8.69. The van der Waals surface area contributed by atoms with Crippen molar-refractivity contribution < 1.29 is 4.74 Å². The molecule has 0 N–H and O–H groups in total. The summed E-state index contributed by atoms with van der Waals surface area (Å²) in [5.41, 5.74) is 0. The van der Waals surface area contributed by atoms with E-state index in [0.29, 0.717) is 11.8 Å². The van der Waals surface area contributed by atoms with Crippen molar-refractivity contribution in [3.8, 4) is 0 Å². The first-order valence-corrected chi connectivity index (χ1v) is 3.51. The van der Waals surface area contributed by atoms with Crippen LogP contribution in [0.1, 0.15) is 13.8 Å². The van der Waals surface area contributed by atoms with Crippen LogP contribution >= 0.6 is 12.2 Å². The van der Waals surface area contributed by atoms with Crippen LogP contribution in [0.5, 0.6) is 0 Å². The van der Waals surface area contributed by atoms with Crippen LogP contribution in [0.25, 0.3) is 0 Å². The summed E-state index contributed by atoms with van der Waals surface area (Å²) in [5.74, 6) is 0. The molecule has 0 aliphatic carbocycles. The zero-order valence-corrected chi connectivity index (χ0v) is 6.99. The maximum atomic E-state index is 5.05. The van der Waals surface area contributed by atoms with Crippen molar-refractivity contribution in [2.45, 2.75) is 13.8 Å². The van der Waals surface area contributed by atoms with E-state index in [2.05, 4.69) is 0 Å². The molecule has 2 nitrogen and oxygen atoms in total. The Hall–Kier alpha value is -0.310. The molecule has 54 valence electrons. The fourth-order valence-electron chi connectivity index (χ4n) is 0.363. The molecule has 0 amide bonds. The van der Waals surface area contributed by atoms with Crippen molar-refractivity contribution in [2.24, 2.45) is 0 Å². The van der Waals surface area contributed by atoms with Crippen LogP contribution in [0.2, 0.25) is 0 Å². The molecule has 0 bridgehead atoms. The standard InChI is InChI=1S/C6H13NOS/c1-4-7(3)6(9)8-5-2/h4-5H2,1-3H3. The Labute approximate surface area is 61.8 Å². The van der Waals surface area contributed by atoms with Crippen molar-refractivity contribution in [1.29, 1.82) is 0 Å². The predicted octanol–water partition coefficient (Wildman–Crippen LogP) is 1.26. The minimum Gasteiger partial charge on any atom is -0.471 e. The fourth-order valence-corrected chi connectivity index (χ4v) is 0.610. The molecule has 0 spiro atoms. The molecule has 0 fully saturated rings. The second kappa shape index (κ2) is 4.56. The first-order chi connectivity index (χ1) is 4.22. The highest BCUT2D eigenvalue weighted by atomic mass is 32.1. The number of hydrogen-bond acceptors (Lipinski definition) is 2. The van der Waals surface area contributed by atoms with Gasteiger partial charge in [0.1, 0.15) is 0 Å². The maximum Gasteiger partial charge on any atom is 0.259 e. The molecule has 0 unspecified atom stereocenters. The average Bonchev–Trinajstić information content (AvgIpc) is 1.87. The van der Waals surface area contributed by atoms with Gasteiger partial charge in [-0.15, -0.1) is 0 Å². The lowest BCUT2D eigenvalue weighted by Gasteiger charge is -2.16. The lowest BCUT2D eigenvalue weighted by molar-refractivity contribution is 0.276. The molecule has 0 saturated carbocycles. The van der Waals surface area contributed by atoms with Gasteiger partial charge in [-0.05, 0) is 26.1 Å². The number of thiocarbonyl (C=S) groups is 1. The molecule has 0 aliphatic heterocycles. The summed E-state index contributed by atoms with van der Waals surface area (Å²) < 4.78 is 5.05. The number of hydrogen-bond donors (Lipinski definition) is 0. The van der Waals surface area contributed by atoms with Crippen LogP contribution in [-0.2, 0) is 4.74 Å². The smallest absolute Gasteiger partial charge is 0.259 e. The summed E-state index contributed by atoms with van der Waals surface area (Å²) in [6, 6.07) is 0. The summed E-state index contributed by atoms with van der Waals surface area (Å²) in [4.78, 5) is 1.89. The summed E-state index contributed by atoms with van der Waals surface area (Å²) in [6.45, 7) is 5.52. The lowest BCUT2D eigenvalue weighted by Crippen LogP contribution is -2.26. The van der Waals surface area contributed by atoms with Gasteiger partial charge in [0, 0.05) is 13.6 Å². The fraction of sp³-hybridized carbons (Fsp3) is 0.833. The zero-order chi connectivity index (χ0) is 7.28. The average molecular weight is 147 g/mol. The Balaban J connectivity index is 3.46. The van der Waals surface area contributed by atoms with E-state index in [1.54, 1.807) is 0 Å². The Morgan fingerprint density at radius 1 is 1.56 bits per heavy atom. The molecule has 0 saturated heterocycles. The molecule has 0 aromatic carbocycles. The van der Waals surface area contributed by atoms with E-state index in [0.717, 1.165) is 6.54 Å². The molecule has 0 atom stereocenters. The van der Waals surface area contributed by atoms with Crippen LogP contribution in [0.15, 0.2) is 0 Å². The van der Waals surface area contributed by atoms with E-state index < -0.39 is 0 Å². The van der Waals surface area contributed by atoms with Gasteiger partial charge in [-0.25, -0.2) is 0 Å². The molecule has 0 aromatic rings. The van der Waals surface area contributed by atoms with Gasteiger partial charge in [0.15, 0.2) is 0 Å². The SMILES string of the molecule is CCOC(=S)N(C)CC. The zero-order valence-electron chi connectivity index (χ0n) is 6.18. The van der Waals surface area contributed by atoms with Gasteiger partial charge in [-0.3, -0.25) is 0 Å². The van der Waals surface area contributed by atoms with Crippen molar-refractivity contribution >= 4 is 17.4 Å². The molecule has 0 radical (unpaired) electrons. The molecule has 0 aliphatic rings. The lowest BCUT2D eigenvalue weighted by atomic mass is 10.7. The van der Waals surface area contributed by atoms with Crippen LogP contribution in [-0.4, -0.2) is 30.3 Å². The third-order valence-electron chi connectivity index (χ3n) is 1.05. The molecule has 3 heteroatoms. The third kappa shape index (κ3) is 3.30. The van der Waals surface area contributed by atoms with Crippen LogP contribution in [0.3, 0.4) is 0 Å². The minimum atomic E-state index is 0.583. The van der Waals surface area contributed by atoms with E-state index in [-0.39, 0.29) is 0 Å². The molecule has 9 heavy (non-hydrogen) atoms.